The SMILES string of the molecule is COc1ccc(OC)c(Nc2nccn3c(N)nnc23)c1. The number of hydrogen-bond donors (Lipinski definition) is 2. The Morgan fingerprint density at radius 2 is 2.05 bits per heavy atom. The van der Waals surface area contributed by atoms with E-state index in [2.05, 4.69) is 20.5 Å². The predicted molar refractivity (Wildman–Crippen MR) is 78.0 cm³/mol. The zero-order valence-corrected chi connectivity index (χ0v) is 11.6. The Hall–Kier alpha value is -3.03. The van der Waals surface area contributed by atoms with Crippen LogP contribution in [0, 0.1) is 0 Å². The largest absolute Gasteiger partial charge is 0.497 e. The van der Waals surface area contributed by atoms with Crippen LogP contribution in [0.15, 0.2) is 30.6 Å². The molecule has 0 spiro atoms. The number of nitrogens with zero attached hydrogens (tertiary/aromatic N) is 4. The molecule has 1 aromatic carbocycles. The highest BCUT2D eigenvalue weighted by Crippen LogP contribution is 2.31. The Morgan fingerprint density at radius 1 is 1.19 bits per heavy atom. The Kier molecular flexibility index (Phi) is 3.19. The third kappa shape index (κ3) is 2.27. The number of ether oxygens (including phenoxy) is 2. The van der Waals surface area contributed by atoms with Crippen molar-refractivity contribution in [2.24, 2.45) is 0 Å². The highest BCUT2D eigenvalue weighted by atomic mass is 16.5. The van der Waals surface area contributed by atoms with Gasteiger partial charge in [-0.3, -0.25) is 4.40 Å². The van der Waals surface area contributed by atoms with Crippen LogP contribution < -0.4 is 20.5 Å². The second-order valence-electron chi connectivity index (χ2n) is 4.22. The van der Waals surface area contributed by atoms with Gasteiger partial charge in [-0.15, -0.1) is 10.2 Å². The van der Waals surface area contributed by atoms with E-state index in [1.807, 2.05) is 12.1 Å². The van der Waals surface area contributed by atoms with Gasteiger partial charge in [0.2, 0.25) is 11.6 Å². The molecule has 0 amide bonds. The van der Waals surface area contributed by atoms with Gasteiger partial charge in [-0.05, 0) is 12.1 Å². The van der Waals surface area contributed by atoms with Gasteiger partial charge in [-0.2, -0.15) is 0 Å². The smallest absolute Gasteiger partial charge is 0.226 e. The summed E-state index contributed by atoms with van der Waals surface area (Å²) in [7, 11) is 3.19. The van der Waals surface area contributed by atoms with Gasteiger partial charge in [0.05, 0.1) is 19.9 Å². The first-order chi connectivity index (χ1) is 10.2. The average Bonchev–Trinajstić information content (AvgIpc) is 2.90. The minimum absolute atomic E-state index is 0.299. The van der Waals surface area contributed by atoms with Crippen molar-refractivity contribution < 1.29 is 9.47 Å². The summed E-state index contributed by atoms with van der Waals surface area (Å²) in [6, 6.07) is 5.43. The second-order valence-corrected chi connectivity index (χ2v) is 4.22. The van der Waals surface area contributed by atoms with Gasteiger partial charge < -0.3 is 20.5 Å². The second kappa shape index (κ2) is 5.16. The van der Waals surface area contributed by atoms with Crippen LogP contribution in [0.2, 0.25) is 0 Å². The number of aromatic nitrogens is 4. The topological polar surface area (TPSA) is 99.6 Å². The molecule has 8 heteroatoms. The highest BCUT2D eigenvalue weighted by molar-refractivity contribution is 5.74. The molecule has 21 heavy (non-hydrogen) atoms. The van der Waals surface area contributed by atoms with Crippen molar-refractivity contribution in [3.63, 3.8) is 0 Å². The summed E-state index contributed by atoms with van der Waals surface area (Å²) in [4.78, 5) is 4.26. The van der Waals surface area contributed by atoms with Crippen molar-refractivity contribution in [2.45, 2.75) is 0 Å². The monoisotopic (exact) mass is 286 g/mol. The summed E-state index contributed by atoms with van der Waals surface area (Å²) in [5.74, 6) is 2.18. The first-order valence-electron chi connectivity index (χ1n) is 6.17. The van der Waals surface area contributed by atoms with E-state index in [0.717, 1.165) is 0 Å². The molecule has 0 aliphatic rings. The molecular weight excluding hydrogens is 272 g/mol. The molecule has 0 aliphatic heterocycles. The number of anilines is 3. The van der Waals surface area contributed by atoms with Gasteiger partial charge in [-0.25, -0.2) is 4.98 Å². The van der Waals surface area contributed by atoms with Crippen molar-refractivity contribution in [3.8, 4) is 11.5 Å². The number of nitrogens with two attached hydrogens (primary N) is 1. The van der Waals surface area contributed by atoms with Crippen LogP contribution in [0.5, 0.6) is 11.5 Å². The molecule has 0 radical (unpaired) electrons. The van der Waals surface area contributed by atoms with Crippen LogP contribution in [0.4, 0.5) is 17.5 Å². The highest BCUT2D eigenvalue weighted by Gasteiger charge is 2.11. The molecule has 0 unspecified atom stereocenters. The van der Waals surface area contributed by atoms with E-state index >= 15 is 0 Å². The van der Waals surface area contributed by atoms with Gasteiger partial charge >= 0.3 is 0 Å². The Bertz CT molecular complexity index is 785. The average molecular weight is 286 g/mol. The molecule has 3 N–H and O–H groups in total. The number of hydrogen-bond acceptors (Lipinski definition) is 7. The van der Waals surface area contributed by atoms with Gasteiger partial charge in [-0.1, -0.05) is 0 Å². The van der Waals surface area contributed by atoms with E-state index in [1.165, 1.54) is 0 Å². The lowest BCUT2D eigenvalue weighted by atomic mass is 10.2. The standard InChI is InChI=1S/C13H14N6O2/c1-20-8-3-4-10(21-2)9(7-8)16-11-12-17-18-13(14)19(12)6-5-15-11/h3-7H,1-2H3,(H2,14,18)(H,15,16). The van der Waals surface area contributed by atoms with Gasteiger partial charge in [0, 0.05) is 18.5 Å². The van der Waals surface area contributed by atoms with Crippen LogP contribution in [-0.2, 0) is 0 Å². The summed E-state index contributed by atoms with van der Waals surface area (Å²) in [5, 5.41) is 11.0. The van der Waals surface area contributed by atoms with E-state index in [0.29, 0.717) is 34.6 Å². The minimum Gasteiger partial charge on any atom is -0.497 e. The molecule has 2 aromatic heterocycles. The fraction of sp³-hybridized carbons (Fsp3) is 0.154. The molecule has 8 nitrogen and oxygen atoms in total. The molecule has 3 rings (SSSR count). The molecule has 0 saturated heterocycles. The predicted octanol–water partition coefficient (Wildman–Crippen LogP) is 1.47. The number of nitrogen functional groups attached to an aromatic ring is 1. The first-order valence-corrected chi connectivity index (χ1v) is 6.17. The Labute approximate surface area is 120 Å². The first kappa shape index (κ1) is 13.0. The summed E-state index contributed by atoms with van der Waals surface area (Å²) in [6.45, 7) is 0. The van der Waals surface area contributed by atoms with Crippen LogP contribution in [0.1, 0.15) is 0 Å². The lowest BCUT2D eigenvalue weighted by Crippen LogP contribution is -2.01. The van der Waals surface area contributed by atoms with E-state index < -0.39 is 0 Å². The summed E-state index contributed by atoms with van der Waals surface area (Å²) >= 11 is 0. The maximum absolute atomic E-state index is 5.73. The number of rotatable bonds is 4. The molecule has 0 atom stereocenters. The molecule has 0 aliphatic carbocycles. The molecule has 0 saturated carbocycles. The van der Waals surface area contributed by atoms with Crippen LogP contribution in [-0.4, -0.2) is 33.8 Å². The maximum Gasteiger partial charge on any atom is 0.226 e. The zero-order chi connectivity index (χ0) is 14.8. The molecular formula is C13H14N6O2. The fourth-order valence-corrected chi connectivity index (χ4v) is 1.97. The van der Waals surface area contributed by atoms with E-state index in [-0.39, 0.29) is 0 Å². The lowest BCUT2D eigenvalue weighted by molar-refractivity contribution is 0.405. The minimum atomic E-state index is 0.299. The third-order valence-corrected chi connectivity index (χ3v) is 3.01. The number of fused-ring (bicyclic) bond motifs is 1. The quantitative estimate of drug-likeness (QED) is 0.749. The molecule has 3 aromatic rings. The van der Waals surface area contributed by atoms with E-state index in [9.17, 15) is 0 Å². The zero-order valence-electron chi connectivity index (χ0n) is 11.6. The van der Waals surface area contributed by atoms with Crippen molar-refractivity contribution in [1.82, 2.24) is 19.6 Å². The Morgan fingerprint density at radius 3 is 2.81 bits per heavy atom. The van der Waals surface area contributed by atoms with Crippen LogP contribution >= 0.6 is 0 Å². The fourth-order valence-electron chi connectivity index (χ4n) is 1.97. The molecule has 0 bridgehead atoms. The van der Waals surface area contributed by atoms with Crippen molar-refractivity contribution in [2.75, 3.05) is 25.3 Å². The number of nitrogens with one attached hydrogen (secondary N) is 1. The van der Waals surface area contributed by atoms with Crippen LogP contribution in [0.25, 0.3) is 5.65 Å². The summed E-state index contributed by atoms with van der Waals surface area (Å²) in [6.07, 6.45) is 3.31. The summed E-state index contributed by atoms with van der Waals surface area (Å²) < 4.78 is 12.2. The Balaban J connectivity index is 2.06. The maximum atomic E-state index is 5.73. The van der Waals surface area contributed by atoms with Gasteiger partial charge in [0.1, 0.15) is 11.5 Å². The summed E-state index contributed by atoms with van der Waals surface area (Å²) in [5.41, 5.74) is 6.96. The van der Waals surface area contributed by atoms with Crippen molar-refractivity contribution in [1.29, 1.82) is 0 Å². The molecule has 2 heterocycles. The van der Waals surface area contributed by atoms with Crippen LogP contribution in [0.3, 0.4) is 0 Å². The normalized spacial score (nSPS) is 10.6. The molecule has 0 fully saturated rings. The van der Waals surface area contributed by atoms with Gasteiger partial charge in [0.15, 0.2) is 5.82 Å². The van der Waals surface area contributed by atoms with Gasteiger partial charge in [0.25, 0.3) is 0 Å². The molecule has 108 valence electrons. The third-order valence-electron chi connectivity index (χ3n) is 3.01. The van der Waals surface area contributed by atoms with E-state index in [1.54, 1.807) is 37.1 Å². The lowest BCUT2D eigenvalue weighted by Gasteiger charge is -2.12. The number of methoxy groups -OCH3 is 2. The van der Waals surface area contributed by atoms with Crippen molar-refractivity contribution >= 4 is 23.1 Å². The number of benzene rings is 1. The van der Waals surface area contributed by atoms with E-state index in [4.69, 9.17) is 15.2 Å². The van der Waals surface area contributed by atoms with Crippen molar-refractivity contribution in [3.05, 3.63) is 30.6 Å².